The van der Waals surface area contributed by atoms with Gasteiger partial charge < -0.3 is 2.85 Å². The second kappa shape index (κ2) is 8.60. The third-order valence-corrected chi connectivity index (χ3v) is 5.80. The Morgan fingerprint density at radius 1 is 1.18 bits per heavy atom. The van der Waals surface area contributed by atoms with E-state index in [1.54, 1.807) is 5.25 Å². The van der Waals surface area contributed by atoms with Crippen molar-refractivity contribution >= 4 is 15.4 Å². The van der Waals surface area contributed by atoms with Gasteiger partial charge in [0.2, 0.25) is 0 Å². The molecule has 0 saturated carbocycles. The Hall–Kier alpha value is 0.503. The summed E-state index contributed by atoms with van der Waals surface area (Å²) in [7, 11) is 0. The molecule has 0 rings (SSSR count). The summed E-state index contributed by atoms with van der Waals surface area (Å²) in [6.45, 7) is 10.7. The van der Waals surface area contributed by atoms with Gasteiger partial charge in [-0.15, -0.1) is 0 Å². The molecule has 0 saturated heterocycles. The van der Waals surface area contributed by atoms with E-state index in [9.17, 15) is 0 Å². The van der Waals surface area contributed by atoms with Crippen LogP contribution in [0.1, 0.15) is 30.0 Å². The van der Waals surface area contributed by atoms with E-state index in [0.29, 0.717) is 0 Å². The van der Waals surface area contributed by atoms with Crippen LogP contribution in [0.2, 0.25) is 10.5 Å². The Kier molecular flexibility index (Phi) is 8.99. The molecule has 0 aliphatic carbocycles. The standard InChI is InChI=1S/C9H23GeN.2H/c1-4-10-8-7-9-11(5-2)6-3;;/h4-10H2,1-3H3;;/q;2*-1. The van der Waals surface area contributed by atoms with Crippen molar-refractivity contribution < 1.29 is 2.85 Å². The van der Waals surface area contributed by atoms with Crippen molar-refractivity contribution in [2.24, 2.45) is 0 Å². The number of rotatable bonds is 7. The van der Waals surface area contributed by atoms with Gasteiger partial charge >= 0.3 is 77.7 Å². The van der Waals surface area contributed by atoms with E-state index in [-0.39, 0.29) is 18.3 Å². The minimum atomic E-state index is -0.0368. The van der Waals surface area contributed by atoms with Crippen molar-refractivity contribution in [2.75, 3.05) is 19.6 Å². The maximum absolute atomic E-state index is 2.53. The maximum atomic E-state index is 2.53. The van der Waals surface area contributed by atoms with Crippen molar-refractivity contribution in [1.29, 1.82) is 0 Å². The summed E-state index contributed by atoms with van der Waals surface area (Å²) in [6.07, 6.45) is 1.47. The first-order valence-corrected chi connectivity index (χ1v) is 9.27. The molecule has 1 nitrogen and oxygen atoms in total. The van der Waals surface area contributed by atoms with Gasteiger partial charge in [0, 0.05) is 0 Å². The van der Waals surface area contributed by atoms with Crippen LogP contribution in [-0.2, 0) is 0 Å². The molecule has 0 unspecified atom stereocenters. The molecule has 0 spiro atoms. The monoisotopic (exact) mass is 221 g/mol. The fraction of sp³-hybridized carbons (Fsp3) is 1.00. The van der Waals surface area contributed by atoms with E-state index in [4.69, 9.17) is 0 Å². The number of hydrogen-bond donors (Lipinski definition) is 0. The predicted octanol–water partition coefficient (Wildman–Crippen LogP) is 1.97. The van der Waals surface area contributed by atoms with E-state index in [1.165, 1.54) is 31.3 Å². The molecule has 0 fully saturated rings. The summed E-state index contributed by atoms with van der Waals surface area (Å²) in [5, 5.41) is 3.13. The molecule has 11 heavy (non-hydrogen) atoms. The molecular weight excluding hydrogens is 195 g/mol. The predicted molar refractivity (Wildman–Crippen MR) is 58.5 cm³/mol. The molecule has 2 heteroatoms. The summed E-state index contributed by atoms with van der Waals surface area (Å²) in [5.41, 5.74) is 0. The largest absolute Gasteiger partial charge is 1.00 e. The average molecular weight is 220 g/mol. The van der Waals surface area contributed by atoms with Crippen molar-refractivity contribution in [3.05, 3.63) is 0 Å². The molecule has 72 valence electrons. The molecule has 0 aliphatic rings. The smallest absolute Gasteiger partial charge is 1.00 e. The van der Waals surface area contributed by atoms with E-state index < -0.39 is 0 Å². The van der Waals surface area contributed by atoms with Crippen LogP contribution >= 0.6 is 0 Å². The quantitative estimate of drug-likeness (QED) is 0.468. The summed E-state index contributed by atoms with van der Waals surface area (Å²) in [4.78, 5) is 2.53. The molecule has 0 N–H and O–H groups in total. The number of nitrogens with zero attached hydrogens (tertiary/aromatic N) is 1. The summed E-state index contributed by atoms with van der Waals surface area (Å²) in [6, 6.07) is 0. The molecular formula is C9H25GeN-2. The zero-order valence-corrected chi connectivity index (χ0v) is 11.4. The van der Waals surface area contributed by atoms with Crippen LogP contribution in [0.5, 0.6) is 0 Å². The Labute approximate surface area is 81.0 Å². The van der Waals surface area contributed by atoms with Gasteiger partial charge in [0.15, 0.2) is 0 Å². The Balaban J connectivity index is -0.000000500. The van der Waals surface area contributed by atoms with Crippen molar-refractivity contribution in [2.45, 2.75) is 37.7 Å². The van der Waals surface area contributed by atoms with Crippen LogP contribution < -0.4 is 0 Å². The first-order valence-electron chi connectivity index (χ1n) is 5.07. The van der Waals surface area contributed by atoms with Gasteiger partial charge in [0.05, 0.1) is 0 Å². The molecule has 0 aromatic rings. The zero-order chi connectivity index (χ0) is 8.53. The van der Waals surface area contributed by atoms with Crippen LogP contribution in [0.4, 0.5) is 0 Å². The fourth-order valence-corrected chi connectivity index (χ4v) is 3.56. The van der Waals surface area contributed by atoms with Gasteiger partial charge in [0.25, 0.3) is 0 Å². The van der Waals surface area contributed by atoms with E-state index >= 15 is 0 Å². The SMILES string of the molecule is C[CH2][GeH2][CH2]CCN(CC)CC.[H-].[H-]. The van der Waals surface area contributed by atoms with Gasteiger partial charge in [-0.1, -0.05) is 0 Å². The minimum Gasteiger partial charge on any atom is -1.00 e. The Morgan fingerprint density at radius 3 is 2.27 bits per heavy atom. The third-order valence-electron chi connectivity index (χ3n) is 2.22. The molecule has 0 bridgehead atoms. The van der Waals surface area contributed by atoms with Gasteiger partial charge in [-0.3, -0.25) is 0 Å². The van der Waals surface area contributed by atoms with Crippen molar-refractivity contribution in [3.8, 4) is 0 Å². The van der Waals surface area contributed by atoms with E-state index in [1.807, 2.05) is 0 Å². The van der Waals surface area contributed by atoms with Gasteiger partial charge in [-0.25, -0.2) is 0 Å². The van der Waals surface area contributed by atoms with Crippen LogP contribution in [0, 0.1) is 0 Å². The van der Waals surface area contributed by atoms with Gasteiger partial charge in [0.1, 0.15) is 0 Å². The second-order valence-corrected chi connectivity index (χ2v) is 8.15. The molecule has 0 amide bonds. The topological polar surface area (TPSA) is 3.24 Å². The van der Waals surface area contributed by atoms with Crippen LogP contribution in [0.15, 0.2) is 0 Å². The van der Waals surface area contributed by atoms with Crippen LogP contribution in [0.25, 0.3) is 0 Å². The Morgan fingerprint density at radius 2 is 1.82 bits per heavy atom. The summed E-state index contributed by atoms with van der Waals surface area (Å²) < 4.78 is 0. The van der Waals surface area contributed by atoms with Crippen molar-refractivity contribution in [3.63, 3.8) is 0 Å². The Bertz CT molecular complexity index is 80.0. The maximum Gasteiger partial charge on any atom is -1.00 e. The van der Waals surface area contributed by atoms with Crippen LogP contribution in [0.3, 0.4) is 0 Å². The molecule has 0 aliphatic heterocycles. The van der Waals surface area contributed by atoms with E-state index in [2.05, 4.69) is 25.7 Å². The minimum absolute atomic E-state index is 0. The van der Waals surface area contributed by atoms with Crippen LogP contribution in [-0.4, -0.2) is 40.0 Å². The number of hydrogen-bond acceptors (Lipinski definition) is 1. The normalized spacial score (nSPS) is 12.0. The van der Waals surface area contributed by atoms with E-state index in [0.717, 1.165) is 0 Å². The van der Waals surface area contributed by atoms with Gasteiger partial charge in [-0.05, 0) is 0 Å². The molecule has 0 radical (unpaired) electrons. The summed E-state index contributed by atoms with van der Waals surface area (Å²) >= 11 is -0.0368. The fourth-order valence-electron chi connectivity index (χ4n) is 1.30. The first-order chi connectivity index (χ1) is 5.35. The summed E-state index contributed by atoms with van der Waals surface area (Å²) in [5.74, 6) is 0. The third kappa shape index (κ3) is 6.88. The average Bonchev–Trinajstić information content (AvgIpc) is 2.05. The molecule has 0 atom stereocenters. The first kappa shape index (κ1) is 11.5. The molecule has 0 heterocycles. The van der Waals surface area contributed by atoms with Crippen molar-refractivity contribution in [1.82, 2.24) is 4.90 Å². The zero-order valence-electron chi connectivity index (χ0n) is 10.4. The van der Waals surface area contributed by atoms with Gasteiger partial charge in [-0.2, -0.15) is 0 Å². The second-order valence-electron chi connectivity index (χ2n) is 3.09. The molecule has 0 aromatic heterocycles. The molecule has 0 aromatic carbocycles.